The van der Waals surface area contributed by atoms with Crippen LogP contribution in [0.4, 0.5) is 14.4 Å². The van der Waals surface area contributed by atoms with Crippen molar-refractivity contribution in [1.29, 1.82) is 0 Å². The summed E-state index contributed by atoms with van der Waals surface area (Å²) in [5, 5.41) is -3.48. The lowest BCUT2D eigenvalue weighted by molar-refractivity contribution is -0.963. The van der Waals surface area contributed by atoms with E-state index >= 15 is 0 Å². The largest absolute Gasteiger partial charge is 0.512 e. The molecule has 1 heterocycles. The quantitative estimate of drug-likeness (QED) is 0.369. The monoisotopic (exact) mass is 470 g/mol. The lowest BCUT2D eigenvalue weighted by Crippen LogP contribution is -2.73. The first-order chi connectivity index (χ1) is 13.3. The zero-order chi connectivity index (χ0) is 22.7. The van der Waals surface area contributed by atoms with Gasteiger partial charge in [0, 0.05) is 4.65 Å². The lowest BCUT2D eigenvalue weighted by Gasteiger charge is -2.37. The summed E-state index contributed by atoms with van der Waals surface area (Å²) in [5.41, 5.74) is 0. The number of urea groups is 3. The molecule has 162 valence electrons. The molecular weight excluding hydrogens is 450 g/mol. The number of nitrogens with zero attached hydrogens (tertiary/aromatic N) is 3. The molecule has 3 unspecified atom stereocenters. The van der Waals surface area contributed by atoms with Gasteiger partial charge in [-0.1, -0.05) is 0 Å². The third kappa shape index (κ3) is 5.15. The minimum Gasteiger partial charge on any atom is -0.323 e. The van der Waals surface area contributed by atoms with Crippen LogP contribution in [0.2, 0.25) is 0 Å². The van der Waals surface area contributed by atoms with Crippen molar-refractivity contribution in [3.05, 3.63) is 0 Å². The summed E-state index contributed by atoms with van der Waals surface area (Å²) in [4.78, 5) is 88.3. The molecular formula is C14H20N3O9S3+. The first-order valence-electron chi connectivity index (χ1n) is 8.12. The van der Waals surface area contributed by atoms with Gasteiger partial charge in [0.1, 0.15) is 11.8 Å². The topological polar surface area (TPSA) is 137 Å². The lowest BCUT2D eigenvalue weighted by atomic mass is 10.4. The maximum absolute atomic E-state index is 12.9. The molecule has 1 saturated heterocycles. The van der Waals surface area contributed by atoms with Crippen molar-refractivity contribution in [2.45, 2.75) is 43.4 Å². The van der Waals surface area contributed by atoms with E-state index in [-0.39, 0.29) is 10.1 Å². The Kier molecular flexibility index (Phi) is 8.37. The van der Waals surface area contributed by atoms with Gasteiger partial charge >= 0.3 is 36.0 Å². The minimum absolute atomic E-state index is 0.146. The number of hydrogen-bond acceptors (Lipinski definition) is 12. The van der Waals surface area contributed by atoms with Gasteiger partial charge < -0.3 is 9.68 Å². The van der Waals surface area contributed by atoms with Crippen molar-refractivity contribution in [1.82, 2.24) is 10.1 Å². The van der Waals surface area contributed by atoms with Gasteiger partial charge in [-0.3, -0.25) is 4.84 Å². The van der Waals surface area contributed by atoms with Crippen LogP contribution in [-0.4, -0.2) is 73.1 Å². The predicted molar refractivity (Wildman–Crippen MR) is 104 cm³/mol. The Hall–Kier alpha value is -1.97. The van der Waals surface area contributed by atoms with Crippen LogP contribution in [0.1, 0.15) is 27.7 Å². The Bertz CT molecular complexity index is 697. The Morgan fingerprint density at radius 2 is 1.17 bits per heavy atom. The second-order valence-corrected chi connectivity index (χ2v) is 8.08. The molecule has 15 heteroatoms. The summed E-state index contributed by atoms with van der Waals surface area (Å²) in [7, 11) is 0. The fourth-order valence-electron chi connectivity index (χ4n) is 1.75. The van der Waals surface area contributed by atoms with E-state index in [4.69, 9.17) is 4.84 Å². The van der Waals surface area contributed by atoms with Gasteiger partial charge in [-0.05, 0) is 37.8 Å². The van der Waals surface area contributed by atoms with E-state index in [2.05, 4.69) is 47.6 Å². The van der Waals surface area contributed by atoms with Crippen LogP contribution in [0.3, 0.4) is 0 Å². The molecule has 0 N–H and O–H groups in total. The Balaban J connectivity index is 3.48. The summed E-state index contributed by atoms with van der Waals surface area (Å²) in [6.45, 7) is 4.62. The summed E-state index contributed by atoms with van der Waals surface area (Å²) in [5.74, 6) is -3.38. The third-order valence-corrected chi connectivity index (χ3v) is 4.02. The highest BCUT2D eigenvalue weighted by Crippen LogP contribution is 2.27. The van der Waals surface area contributed by atoms with Crippen LogP contribution in [0, 0.1) is 0 Å². The van der Waals surface area contributed by atoms with E-state index in [1.165, 1.54) is 27.7 Å². The molecule has 6 amide bonds. The van der Waals surface area contributed by atoms with Crippen LogP contribution < -0.4 is 0 Å². The van der Waals surface area contributed by atoms with Gasteiger partial charge in [0.25, 0.3) is 0 Å². The number of amides is 6. The van der Waals surface area contributed by atoms with Gasteiger partial charge in [-0.2, -0.15) is 47.5 Å². The van der Waals surface area contributed by atoms with Crippen molar-refractivity contribution >= 4 is 73.9 Å². The Morgan fingerprint density at radius 1 is 0.828 bits per heavy atom. The summed E-state index contributed by atoms with van der Waals surface area (Å²) in [6, 6.07) is -4.64. The van der Waals surface area contributed by atoms with Crippen molar-refractivity contribution in [3.63, 3.8) is 0 Å². The molecule has 0 saturated carbocycles. The SMILES string of the molecule is CC[N+]1(OC(=O)C(C)S)C(=O)N(OC(=O)C(C)S)C(=O)N(OC(=O)C(C)S)C1=O. The highest BCUT2D eigenvalue weighted by atomic mass is 32.1. The van der Waals surface area contributed by atoms with Crippen LogP contribution in [-0.2, 0) is 28.9 Å². The fraction of sp³-hybridized carbons (Fsp3) is 0.571. The number of rotatable bonds is 7. The number of thiol groups is 3. The van der Waals surface area contributed by atoms with Crippen LogP contribution in [0.5, 0.6) is 0 Å². The van der Waals surface area contributed by atoms with E-state index in [0.717, 1.165) is 0 Å². The van der Waals surface area contributed by atoms with E-state index < -0.39 is 62.9 Å². The second-order valence-electron chi connectivity index (χ2n) is 5.75. The number of carbonyl (C=O) groups is 6. The molecule has 1 rings (SSSR count). The summed E-state index contributed by atoms with van der Waals surface area (Å²) in [6.07, 6.45) is 0. The molecule has 0 aromatic rings. The highest BCUT2D eigenvalue weighted by Gasteiger charge is 2.66. The summed E-state index contributed by atoms with van der Waals surface area (Å²) < 4.78 is -1.79. The Morgan fingerprint density at radius 3 is 1.45 bits per heavy atom. The van der Waals surface area contributed by atoms with Gasteiger partial charge in [-0.25, -0.2) is 19.2 Å². The zero-order valence-electron chi connectivity index (χ0n) is 15.8. The molecule has 0 aromatic carbocycles. The first kappa shape index (κ1) is 25.1. The van der Waals surface area contributed by atoms with Gasteiger partial charge in [0.2, 0.25) is 0 Å². The number of hydroxylamine groups is 7. The fourth-order valence-corrected chi connectivity index (χ4v) is 1.89. The molecule has 1 fully saturated rings. The van der Waals surface area contributed by atoms with Crippen molar-refractivity contribution in [3.8, 4) is 0 Å². The van der Waals surface area contributed by atoms with Gasteiger partial charge in [0.05, 0.1) is 10.5 Å². The molecule has 0 aromatic heterocycles. The van der Waals surface area contributed by atoms with Gasteiger partial charge in [-0.15, -0.1) is 0 Å². The van der Waals surface area contributed by atoms with Crippen LogP contribution in [0.15, 0.2) is 0 Å². The zero-order valence-corrected chi connectivity index (χ0v) is 18.5. The molecule has 29 heavy (non-hydrogen) atoms. The molecule has 12 nitrogen and oxygen atoms in total. The average molecular weight is 471 g/mol. The Labute approximate surface area is 182 Å². The molecule has 0 radical (unpaired) electrons. The van der Waals surface area contributed by atoms with Gasteiger partial charge in [0.15, 0.2) is 0 Å². The van der Waals surface area contributed by atoms with Crippen molar-refractivity contribution < 1.29 is 47.9 Å². The smallest absolute Gasteiger partial charge is 0.323 e. The van der Waals surface area contributed by atoms with Crippen molar-refractivity contribution in [2.24, 2.45) is 0 Å². The molecule has 3 atom stereocenters. The standard InChI is InChI=1S/C14H19N3O9S3/c1-5-17(26-11(20)8(4)29)13(22)15(24-9(18)6(2)27)12(21)16(14(17)23)25-10(19)7(3)28/h6-8H,5H2,1-4H3,(H2-,27,28,29)/p+1. The molecule has 0 aliphatic carbocycles. The number of imide groups is 3. The summed E-state index contributed by atoms with van der Waals surface area (Å²) >= 11 is 11.5. The molecule has 1 aliphatic heterocycles. The number of quaternary nitrogens is 1. The first-order valence-corrected chi connectivity index (χ1v) is 9.67. The van der Waals surface area contributed by atoms with E-state index in [9.17, 15) is 28.8 Å². The normalized spacial score (nSPS) is 22.7. The number of carbonyl (C=O) groups excluding carboxylic acids is 6. The molecule has 0 bridgehead atoms. The predicted octanol–water partition coefficient (Wildman–Crippen LogP) is 1.13. The average Bonchev–Trinajstić information content (AvgIpc) is 2.64. The van der Waals surface area contributed by atoms with E-state index in [0.29, 0.717) is 0 Å². The van der Waals surface area contributed by atoms with E-state index in [1.54, 1.807) is 0 Å². The van der Waals surface area contributed by atoms with E-state index in [1.807, 2.05) is 0 Å². The van der Waals surface area contributed by atoms with Crippen molar-refractivity contribution in [2.75, 3.05) is 6.54 Å². The number of hydrogen-bond donors (Lipinski definition) is 3. The van der Waals surface area contributed by atoms with Crippen LogP contribution in [0.25, 0.3) is 0 Å². The molecule has 1 aliphatic rings. The highest BCUT2D eigenvalue weighted by molar-refractivity contribution is 7.82. The third-order valence-electron chi connectivity index (χ3n) is 3.39. The minimum atomic E-state index is -1.79. The second kappa shape index (κ2) is 9.69. The maximum Gasteiger partial charge on any atom is 0.512 e. The van der Waals surface area contributed by atoms with Crippen LogP contribution >= 0.6 is 37.9 Å². The molecule has 0 spiro atoms. The maximum atomic E-state index is 12.9.